The standard InChI is InChI=1S/C17H17NO5S2/c1-23-16-7-5-6-14(12-16)18(15-10-11-24(19,20)13-15)25(21,22)17-8-3-2-4-9-17/h2-12,15H,13H2,1H3. The quantitative estimate of drug-likeness (QED) is 0.796. The molecule has 0 N–H and O–H groups in total. The average Bonchev–Trinajstić information content (AvgIpc) is 2.95. The van der Waals surface area contributed by atoms with Crippen LogP contribution in [0.4, 0.5) is 5.69 Å². The smallest absolute Gasteiger partial charge is 0.264 e. The second-order valence-electron chi connectivity index (χ2n) is 5.54. The van der Waals surface area contributed by atoms with E-state index in [1.165, 1.54) is 25.3 Å². The van der Waals surface area contributed by atoms with Gasteiger partial charge in [-0.1, -0.05) is 24.3 Å². The molecule has 132 valence electrons. The first-order valence-electron chi connectivity index (χ1n) is 7.48. The molecule has 1 unspecified atom stereocenters. The van der Waals surface area contributed by atoms with Gasteiger partial charge in [0.05, 0.1) is 29.5 Å². The number of methoxy groups -OCH3 is 1. The number of benzene rings is 2. The molecule has 0 amide bonds. The maximum atomic E-state index is 13.2. The second-order valence-corrected chi connectivity index (χ2v) is 9.29. The van der Waals surface area contributed by atoms with Gasteiger partial charge in [0, 0.05) is 11.5 Å². The molecule has 1 aliphatic heterocycles. The molecule has 2 aromatic rings. The number of hydrogen-bond acceptors (Lipinski definition) is 5. The third-order valence-corrected chi connectivity index (χ3v) is 7.07. The Kier molecular flexibility index (Phi) is 4.57. The van der Waals surface area contributed by atoms with Crippen LogP contribution in [0.2, 0.25) is 0 Å². The summed E-state index contributed by atoms with van der Waals surface area (Å²) in [5.41, 5.74) is 0.343. The van der Waals surface area contributed by atoms with Crippen LogP contribution in [0, 0.1) is 0 Å². The lowest BCUT2D eigenvalue weighted by molar-refractivity contribution is 0.415. The molecule has 0 spiro atoms. The Morgan fingerprint density at radius 2 is 1.80 bits per heavy atom. The lowest BCUT2D eigenvalue weighted by atomic mass is 10.2. The zero-order chi connectivity index (χ0) is 18.1. The van der Waals surface area contributed by atoms with Crippen molar-refractivity contribution in [3.63, 3.8) is 0 Å². The SMILES string of the molecule is COc1cccc(N(C2C=CS(=O)(=O)C2)S(=O)(=O)c2ccccc2)c1. The van der Waals surface area contributed by atoms with Crippen molar-refractivity contribution in [3.8, 4) is 5.75 Å². The number of sulfone groups is 1. The number of ether oxygens (including phenoxy) is 1. The van der Waals surface area contributed by atoms with E-state index in [0.717, 1.165) is 9.71 Å². The molecule has 8 heteroatoms. The Morgan fingerprint density at radius 1 is 1.08 bits per heavy atom. The van der Waals surface area contributed by atoms with Gasteiger partial charge in [0.1, 0.15) is 5.75 Å². The van der Waals surface area contributed by atoms with Gasteiger partial charge in [-0.3, -0.25) is 4.31 Å². The molecular formula is C17H17NO5S2. The van der Waals surface area contributed by atoms with Crippen LogP contribution in [-0.4, -0.2) is 35.7 Å². The van der Waals surface area contributed by atoms with E-state index >= 15 is 0 Å². The van der Waals surface area contributed by atoms with Crippen molar-refractivity contribution < 1.29 is 21.6 Å². The highest BCUT2D eigenvalue weighted by Crippen LogP contribution is 2.31. The first-order valence-corrected chi connectivity index (χ1v) is 10.6. The van der Waals surface area contributed by atoms with E-state index in [4.69, 9.17) is 4.74 Å². The first-order chi connectivity index (χ1) is 11.8. The minimum absolute atomic E-state index is 0.0931. The van der Waals surface area contributed by atoms with Crippen molar-refractivity contribution in [1.82, 2.24) is 0 Å². The summed E-state index contributed by atoms with van der Waals surface area (Å²) in [7, 11) is -5.89. The Morgan fingerprint density at radius 3 is 2.40 bits per heavy atom. The minimum atomic E-state index is -3.95. The maximum Gasteiger partial charge on any atom is 0.264 e. The Bertz CT molecular complexity index is 998. The molecule has 0 radical (unpaired) electrons. The molecule has 0 fully saturated rings. The molecule has 0 bridgehead atoms. The lowest BCUT2D eigenvalue weighted by Gasteiger charge is -2.29. The zero-order valence-electron chi connectivity index (χ0n) is 13.4. The van der Waals surface area contributed by atoms with Crippen molar-refractivity contribution in [1.29, 1.82) is 0 Å². The highest BCUT2D eigenvalue weighted by Gasteiger charge is 2.36. The predicted octanol–water partition coefficient (Wildman–Crippen LogP) is 2.20. The van der Waals surface area contributed by atoms with Crippen LogP contribution >= 0.6 is 0 Å². The number of rotatable bonds is 5. The number of hydrogen-bond donors (Lipinski definition) is 0. The molecule has 0 aliphatic carbocycles. The topological polar surface area (TPSA) is 80.8 Å². The number of nitrogens with zero attached hydrogens (tertiary/aromatic N) is 1. The van der Waals surface area contributed by atoms with Crippen molar-refractivity contribution in [2.24, 2.45) is 0 Å². The van der Waals surface area contributed by atoms with Crippen LogP contribution in [0.15, 0.2) is 71.0 Å². The fourth-order valence-electron chi connectivity index (χ4n) is 2.67. The van der Waals surface area contributed by atoms with E-state index in [9.17, 15) is 16.8 Å². The molecular weight excluding hydrogens is 362 g/mol. The maximum absolute atomic E-state index is 13.2. The molecule has 0 aromatic heterocycles. The van der Waals surface area contributed by atoms with Gasteiger partial charge in [-0.15, -0.1) is 0 Å². The summed E-state index contributed by atoms with van der Waals surface area (Å²) in [6, 6.07) is 13.6. The molecule has 0 saturated heterocycles. The summed E-state index contributed by atoms with van der Waals surface area (Å²) in [6.45, 7) is 0. The number of sulfonamides is 1. The van der Waals surface area contributed by atoms with E-state index < -0.39 is 25.9 Å². The molecule has 2 aromatic carbocycles. The fourth-order valence-corrected chi connectivity index (χ4v) is 5.65. The predicted molar refractivity (Wildman–Crippen MR) is 95.8 cm³/mol. The monoisotopic (exact) mass is 379 g/mol. The molecule has 25 heavy (non-hydrogen) atoms. The first kappa shape index (κ1) is 17.5. The second kappa shape index (κ2) is 6.53. The highest BCUT2D eigenvalue weighted by atomic mass is 32.2. The normalized spacial score (nSPS) is 18.8. The van der Waals surface area contributed by atoms with Gasteiger partial charge in [0.2, 0.25) is 0 Å². The minimum Gasteiger partial charge on any atom is -0.497 e. The Balaban J connectivity index is 2.14. The molecule has 3 rings (SSSR count). The average molecular weight is 379 g/mol. The van der Waals surface area contributed by atoms with E-state index in [0.29, 0.717) is 11.4 Å². The highest BCUT2D eigenvalue weighted by molar-refractivity contribution is 7.95. The van der Waals surface area contributed by atoms with Crippen LogP contribution in [0.3, 0.4) is 0 Å². The van der Waals surface area contributed by atoms with Crippen molar-refractivity contribution in [2.75, 3.05) is 17.2 Å². The molecule has 0 saturated carbocycles. The molecule has 1 aliphatic rings. The van der Waals surface area contributed by atoms with Crippen LogP contribution in [0.1, 0.15) is 0 Å². The van der Waals surface area contributed by atoms with Gasteiger partial charge < -0.3 is 4.74 Å². The summed E-state index contributed by atoms with van der Waals surface area (Å²) >= 11 is 0. The third kappa shape index (κ3) is 3.54. The zero-order valence-corrected chi connectivity index (χ0v) is 15.1. The van der Waals surface area contributed by atoms with Crippen molar-refractivity contribution in [3.05, 3.63) is 66.1 Å². The van der Waals surface area contributed by atoms with Gasteiger partial charge in [0.15, 0.2) is 9.84 Å². The van der Waals surface area contributed by atoms with Crippen molar-refractivity contribution >= 4 is 25.5 Å². The van der Waals surface area contributed by atoms with Gasteiger partial charge in [-0.25, -0.2) is 16.8 Å². The van der Waals surface area contributed by atoms with E-state index in [2.05, 4.69) is 0 Å². The summed E-state index contributed by atoms with van der Waals surface area (Å²) in [6.07, 6.45) is 1.40. The largest absolute Gasteiger partial charge is 0.497 e. The van der Waals surface area contributed by atoms with E-state index in [-0.39, 0.29) is 10.6 Å². The molecule has 1 atom stereocenters. The summed E-state index contributed by atoms with van der Waals surface area (Å²) in [5, 5.41) is 1.06. The third-order valence-electron chi connectivity index (χ3n) is 3.82. The fraction of sp³-hybridized carbons (Fsp3) is 0.176. The molecule has 6 nitrogen and oxygen atoms in total. The van der Waals surface area contributed by atoms with Gasteiger partial charge in [-0.05, 0) is 30.3 Å². The summed E-state index contributed by atoms with van der Waals surface area (Å²) in [4.78, 5) is 0.0931. The van der Waals surface area contributed by atoms with Crippen LogP contribution in [0.5, 0.6) is 5.75 Å². The van der Waals surface area contributed by atoms with Gasteiger partial charge in [-0.2, -0.15) is 0 Å². The van der Waals surface area contributed by atoms with Crippen molar-refractivity contribution in [2.45, 2.75) is 10.9 Å². The summed E-state index contributed by atoms with van der Waals surface area (Å²) in [5.74, 6) is 0.187. The Hall–Kier alpha value is -2.32. The lowest BCUT2D eigenvalue weighted by Crippen LogP contribution is -2.41. The Labute approximate surface area is 147 Å². The molecule has 1 heterocycles. The van der Waals surface area contributed by atoms with Gasteiger partial charge >= 0.3 is 0 Å². The van der Waals surface area contributed by atoms with Crippen LogP contribution < -0.4 is 9.04 Å². The van der Waals surface area contributed by atoms with E-state index in [1.807, 2.05) is 0 Å². The van der Waals surface area contributed by atoms with E-state index in [1.54, 1.807) is 42.5 Å². The number of anilines is 1. The summed E-state index contributed by atoms with van der Waals surface area (Å²) < 4.78 is 56.3. The van der Waals surface area contributed by atoms with Crippen LogP contribution in [0.25, 0.3) is 0 Å². The van der Waals surface area contributed by atoms with Gasteiger partial charge in [0.25, 0.3) is 10.0 Å². The van der Waals surface area contributed by atoms with Crippen LogP contribution in [-0.2, 0) is 19.9 Å².